The molecule has 5 aliphatic rings. The predicted molar refractivity (Wildman–Crippen MR) is 191 cm³/mol. The number of carbonyl (C=O) groups excluding carboxylic acids is 2. The Balaban J connectivity index is 1.09. The molecule has 0 atom stereocenters. The number of aromatic nitrogens is 4. The van der Waals surface area contributed by atoms with E-state index in [1.165, 1.54) is 45.0 Å². The molecule has 6 heterocycles. The lowest BCUT2D eigenvalue weighted by Gasteiger charge is -2.49. The van der Waals surface area contributed by atoms with Crippen LogP contribution in [0.3, 0.4) is 0 Å². The number of anilines is 3. The molecule has 1 aromatic carbocycles. The number of nitrogens with one attached hydrogen (secondary N) is 1. The number of carbonyl (C=O) groups is 2. The maximum absolute atomic E-state index is 14.8. The van der Waals surface area contributed by atoms with E-state index in [-0.39, 0.29) is 29.6 Å². The highest BCUT2D eigenvalue weighted by Gasteiger charge is 2.56. The number of hydrogen-bond donors (Lipinski definition) is 1. The molecule has 2 aliphatic carbocycles. The van der Waals surface area contributed by atoms with Crippen LogP contribution in [0.2, 0.25) is 0 Å². The van der Waals surface area contributed by atoms with Crippen molar-refractivity contribution < 1.29 is 14.0 Å². The van der Waals surface area contributed by atoms with Gasteiger partial charge in [-0.25, -0.2) is 14.4 Å². The van der Waals surface area contributed by atoms with Crippen molar-refractivity contribution in [3.05, 3.63) is 60.4 Å². The number of benzene rings is 1. The average Bonchev–Trinajstić information content (AvgIpc) is 3.60. The number of hydrogen-bond acceptors (Lipinski definition) is 7. The molecule has 9 rings (SSSR count). The first kappa shape index (κ1) is 31.6. The standard InChI is InChI=1S/C39H45FN8O2/c1-24(2)47-23-42-33-20-32(44-36(35(33)47)43-31-7-13-41-21-30(31)40)26-5-6-29-34(17-26)48(37(50)39(29)11-15-45(16-12-39)25(3)49)28-18-27(19-28)46-14-4-8-38(22-46)9-10-38/h5-7,13,17,20-21,23-24,27-28H,4,8-12,14-16,18-19,22H2,1-3H3,(H,41,43,44). The third kappa shape index (κ3) is 5.02. The van der Waals surface area contributed by atoms with Crippen LogP contribution in [0.5, 0.6) is 0 Å². The van der Waals surface area contributed by atoms with Crippen molar-refractivity contribution in [3.8, 4) is 11.3 Å². The predicted octanol–water partition coefficient (Wildman–Crippen LogP) is 6.59. The molecule has 1 N–H and O–H groups in total. The minimum absolute atomic E-state index is 0.0620. The van der Waals surface area contributed by atoms with Crippen LogP contribution >= 0.6 is 0 Å². The van der Waals surface area contributed by atoms with Gasteiger partial charge in [0.2, 0.25) is 11.8 Å². The molecule has 4 aromatic rings. The van der Waals surface area contributed by atoms with Gasteiger partial charge < -0.3 is 19.7 Å². The second kappa shape index (κ2) is 11.6. The number of likely N-dealkylation sites (tertiary alicyclic amines) is 2. The van der Waals surface area contributed by atoms with Crippen molar-refractivity contribution in [3.63, 3.8) is 0 Å². The van der Waals surface area contributed by atoms with Crippen LogP contribution in [0, 0.1) is 11.2 Å². The Hall–Kier alpha value is -4.38. The van der Waals surface area contributed by atoms with Gasteiger partial charge in [0.25, 0.3) is 0 Å². The highest BCUT2D eigenvalue weighted by atomic mass is 19.1. The number of imidazole rings is 1. The van der Waals surface area contributed by atoms with Crippen LogP contribution in [0.1, 0.15) is 83.7 Å². The molecule has 3 aliphatic heterocycles. The molecule has 0 unspecified atom stereocenters. The third-order valence-corrected chi connectivity index (χ3v) is 12.5. The van der Waals surface area contributed by atoms with Crippen LogP contribution in [-0.4, -0.2) is 79.4 Å². The van der Waals surface area contributed by atoms with E-state index in [1.54, 1.807) is 25.5 Å². The SMILES string of the molecule is CC(=O)N1CCC2(CC1)C(=O)N(C1CC(N3CCCC4(CC4)C3)C1)c1cc(-c3cc4ncn(C(C)C)c4c(Nc4ccncc4F)n3)ccc12. The highest BCUT2D eigenvalue weighted by molar-refractivity contribution is 6.09. The molecule has 10 nitrogen and oxygen atoms in total. The number of piperidine rings is 2. The molecule has 0 bridgehead atoms. The van der Waals surface area contributed by atoms with Crippen LogP contribution in [0.25, 0.3) is 22.3 Å². The lowest BCUT2D eigenvalue weighted by Crippen LogP contribution is -2.59. The Kier molecular flexibility index (Phi) is 7.32. The zero-order chi connectivity index (χ0) is 34.4. The first-order valence-electron chi connectivity index (χ1n) is 18.4. The largest absolute Gasteiger partial charge is 0.343 e. The van der Waals surface area contributed by atoms with Crippen LogP contribution < -0.4 is 10.2 Å². The number of pyridine rings is 2. The summed E-state index contributed by atoms with van der Waals surface area (Å²) in [7, 11) is 0. The molecule has 50 heavy (non-hydrogen) atoms. The number of halogens is 1. The lowest BCUT2D eigenvalue weighted by atomic mass is 9.73. The normalized spacial score (nSPS) is 23.9. The molecular formula is C39H45FN8O2. The fourth-order valence-electron chi connectivity index (χ4n) is 9.30. The minimum atomic E-state index is -0.632. The Labute approximate surface area is 292 Å². The molecular weight excluding hydrogens is 631 g/mol. The van der Waals surface area contributed by atoms with Crippen molar-refractivity contribution in [1.82, 2.24) is 29.3 Å². The zero-order valence-corrected chi connectivity index (χ0v) is 29.2. The Morgan fingerprint density at radius 1 is 1.02 bits per heavy atom. The number of nitrogens with zero attached hydrogens (tertiary/aromatic N) is 7. The van der Waals surface area contributed by atoms with Crippen LogP contribution in [-0.2, 0) is 15.0 Å². The first-order chi connectivity index (χ1) is 24.1. The number of rotatable bonds is 6. The topological polar surface area (TPSA) is 99.5 Å². The van der Waals surface area contributed by atoms with Crippen molar-refractivity contribution >= 4 is 40.0 Å². The molecule has 2 amide bonds. The molecule has 11 heteroatoms. The molecule has 3 aromatic heterocycles. The fourth-order valence-corrected chi connectivity index (χ4v) is 9.30. The molecule has 4 fully saturated rings. The fraction of sp³-hybridized carbons (Fsp3) is 0.513. The summed E-state index contributed by atoms with van der Waals surface area (Å²) in [5.41, 5.74) is 5.37. The maximum atomic E-state index is 14.8. The van der Waals surface area contributed by atoms with Crippen molar-refractivity contribution in [2.45, 2.75) is 95.7 Å². The maximum Gasteiger partial charge on any atom is 0.238 e. The summed E-state index contributed by atoms with van der Waals surface area (Å²) in [5.74, 6) is 0.286. The summed E-state index contributed by atoms with van der Waals surface area (Å²) in [6.45, 7) is 9.31. The second-order valence-corrected chi connectivity index (χ2v) is 15.8. The summed E-state index contributed by atoms with van der Waals surface area (Å²) in [6.07, 6.45) is 13.2. The second-order valence-electron chi connectivity index (χ2n) is 15.8. The zero-order valence-electron chi connectivity index (χ0n) is 29.2. The van der Waals surface area contributed by atoms with Gasteiger partial charge in [-0.1, -0.05) is 12.1 Å². The van der Waals surface area contributed by atoms with E-state index >= 15 is 0 Å². The summed E-state index contributed by atoms with van der Waals surface area (Å²) < 4.78 is 16.9. The Morgan fingerprint density at radius 2 is 1.82 bits per heavy atom. The van der Waals surface area contributed by atoms with Gasteiger partial charge >= 0.3 is 0 Å². The van der Waals surface area contributed by atoms with E-state index in [0.29, 0.717) is 48.9 Å². The van der Waals surface area contributed by atoms with Crippen molar-refractivity contribution in [2.24, 2.45) is 5.41 Å². The Bertz CT molecular complexity index is 2010. The van der Waals surface area contributed by atoms with Gasteiger partial charge in [-0.05, 0) is 101 Å². The van der Waals surface area contributed by atoms with E-state index in [4.69, 9.17) is 9.97 Å². The van der Waals surface area contributed by atoms with Gasteiger partial charge in [0.1, 0.15) is 5.52 Å². The molecule has 2 spiro atoms. The summed E-state index contributed by atoms with van der Waals surface area (Å²) >= 11 is 0. The first-order valence-corrected chi connectivity index (χ1v) is 18.4. The van der Waals surface area contributed by atoms with Gasteiger partial charge in [0.15, 0.2) is 11.6 Å². The van der Waals surface area contributed by atoms with E-state index in [9.17, 15) is 14.0 Å². The average molecular weight is 677 g/mol. The molecule has 260 valence electrons. The van der Waals surface area contributed by atoms with Gasteiger partial charge in [0.05, 0.1) is 34.8 Å². The van der Waals surface area contributed by atoms with Crippen LogP contribution in [0.4, 0.5) is 21.6 Å². The van der Waals surface area contributed by atoms with Crippen molar-refractivity contribution in [2.75, 3.05) is 36.4 Å². The third-order valence-electron chi connectivity index (χ3n) is 12.5. The Morgan fingerprint density at radius 3 is 2.54 bits per heavy atom. The summed E-state index contributed by atoms with van der Waals surface area (Å²) in [6, 6.07) is 10.7. The molecule has 2 saturated carbocycles. The van der Waals surface area contributed by atoms with E-state index in [0.717, 1.165) is 40.7 Å². The van der Waals surface area contributed by atoms with Gasteiger partial charge in [-0.2, -0.15) is 0 Å². The van der Waals surface area contributed by atoms with E-state index < -0.39 is 11.2 Å². The highest BCUT2D eigenvalue weighted by Crippen LogP contribution is 2.55. The summed E-state index contributed by atoms with van der Waals surface area (Å²) in [5, 5.41) is 3.23. The van der Waals surface area contributed by atoms with Gasteiger partial charge in [-0.15, -0.1) is 0 Å². The van der Waals surface area contributed by atoms with Gasteiger partial charge in [-0.3, -0.25) is 19.5 Å². The number of fused-ring (bicyclic) bond motifs is 3. The smallest absolute Gasteiger partial charge is 0.238 e. The van der Waals surface area contributed by atoms with Gasteiger partial charge in [0, 0.05) is 62.1 Å². The van der Waals surface area contributed by atoms with Crippen LogP contribution in [0.15, 0.2) is 49.1 Å². The number of amides is 2. The van der Waals surface area contributed by atoms with E-state index in [1.807, 2.05) is 15.5 Å². The molecule has 2 saturated heterocycles. The summed E-state index contributed by atoms with van der Waals surface area (Å²) in [4.78, 5) is 47.4. The molecule has 0 radical (unpaired) electrons. The van der Waals surface area contributed by atoms with Crippen molar-refractivity contribution in [1.29, 1.82) is 0 Å². The van der Waals surface area contributed by atoms with E-state index in [2.05, 4.69) is 52.1 Å². The monoisotopic (exact) mass is 676 g/mol. The quantitative estimate of drug-likeness (QED) is 0.246. The minimum Gasteiger partial charge on any atom is -0.343 e. The lowest BCUT2D eigenvalue weighted by molar-refractivity contribution is -0.134.